The molecule has 0 aromatic heterocycles. The van der Waals surface area contributed by atoms with E-state index in [2.05, 4.69) is 5.32 Å². The summed E-state index contributed by atoms with van der Waals surface area (Å²) < 4.78 is 22.7. The van der Waals surface area contributed by atoms with Crippen LogP contribution in [0.1, 0.15) is 32.4 Å². The molecule has 0 aliphatic heterocycles. The molecule has 3 atom stereocenters. The lowest BCUT2D eigenvalue weighted by molar-refractivity contribution is -0.0876. The first-order valence-electron chi connectivity index (χ1n) is 8.12. The van der Waals surface area contributed by atoms with Crippen LogP contribution in [0.4, 0.5) is 0 Å². The van der Waals surface area contributed by atoms with Gasteiger partial charge in [-0.05, 0) is 38.5 Å². The van der Waals surface area contributed by atoms with Gasteiger partial charge in [0.1, 0.15) is 0 Å². The van der Waals surface area contributed by atoms with Gasteiger partial charge in [0.25, 0.3) is 7.37 Å². The number of hydrogen-bond donors (Lipinski definition) is 3. The molecule has 0 amide bonds. The third kappa shape index (κ3) is 7.53. The zero-order chi connectivity index (χ0) is 19.0. The van der Waals surface area contributed by atoms with E-state index in [9.17, 15) is 14.6 Å². The van der Waals surface area contributed by atoms with Crippen LogP contribution in [0, 0.1) is 0 Å². The van der Waals surface area contributed by atoms with Crippen molar-refractivity contribution in [2.24, 2.45) is 0 Å². The van der Waals surface area contributed by atoms with Crippen molar-refractivity contribution < 1.29 is 24.0 Å². The highest BCUT2D eigenvalue weighted by Gasteiger charge is 2.34. The molecule has 6 nitrogen and oxygen atoms in total. The number of benzene rings is 1. The maximum atomic E-state index is 12.4. The van der Waals surface area contributed by atoms with Gasteiger partial charge < -0.3 is 24.8 Å². The molecule has 9 heteroatoms. The molecule has 25 heavy (non-hydrogen) atoms. The van der Waals surface area contributed by atoms with Crippen LogP contribution in [0.15, 0.2) is 18.2 Å². The van der Waals surface area contributed by atoms with Gasteiger partial charge in [-0.25, -0.2) is 0 Å². The Kier molecular flexibility index (Phi) is 9.93. The zero-order valence-corrected chi connectivity index (χ0v) is 17.0. The molecule has 0 aliphatic rings. The highest BCUT2D eigenvalue weighted by molar-refractivity contribution is 7.58. The topological polar surface area (TPSA) is 88.0 Å². The van der Waals surface area contributed by atoms with Gasteiger partial charge in [0.2, 0.25) is 6.03 Å². The second-order valence-electron chi connectivity index (χ2n) is 5.61. The van der Waals surface area contributed by atoms with Crippen molar-refractivity contribution in [3.63, 3.8) is 0 Å². The monoisotopic (exact) mass is 413 g/mol. The van der Waals surface area contributed by atoms with Crippen LogP contribution < -0.4 is 5.32 Å². The molecule has 0 aliphatic carbocycles. The molecule has 0 bridgehead atoms. The largest absolute Gasteiger partial charge is 0.391 e. The van der Waals surface area contributed by atoms with Crippen LogP contribution in [-0.4, -0.2) is 48.1 Å². The summed E-state index contributed by atoms with van der Waals surface area (Å²) in [6.45, 7) is 5.95. The summed E-state index contributed by atoms with van der Waals surface area (Å²) in [5, 5.41) is 14.1. The Bertz CT molecular complexity index is 584. The van der Waals surface area contributed by atoms with E-state index >= 15 is 0 Å². The molecule has 0 spiro atoms. The molecule has 144 valence electrons. The third-order valence-corrected chi connectivity index (χ3v) is 6.16. The number of rotatable bonds is 11. The molecule has 0 saturated carbocycles. The maximum Gasteiger partial charge on any atom is 0.257 e. The number of nitrogens with one attached hydrogen (secondary N) is 1. The van der Waals surface area contributed by atoms with Gasteiger partial charge in [-0.2, -0.15) is 0 Å². The normalized spacial score (nSPS) is 16.6. The van der Waals surface area contributed by atoms with E-state index in [1.54, 1.807) is 26.0 Å². The first-order chi connectivity index (χ1) is 11.7. The van der Waals surface area contributed by atoms with E-state index in [0.29, 0.717) is 10.0 Å². The summed E-state index contributed by atoms with van der Waals surface area (Å²) in [6, 6.07) is 3.94. The molecule has 1 aromatic rings. The summed E-state index contributed by atoms with van der Waals surface area (Å²) in [6.07, 6.45) is -1.34. The predicted molar refractivity (Wildman–Crippen MR) is 101 cm³/mol. The third-order valence-electron chi connectivity index (χ3n) is 3.52. The minimum atomic E-state index is -3.81. The summed E-state index contributed by atoms with van der Waals surface area (Å²) in [4.78, 5) is 10.1. The zero-order valence-electron chi connectivity index (χ0n) is 14.6. The van der Waals surface area contributed by atoms with E-state index in [-0.39, 0.29) is 32.0 Å². The van der Waals surface area contributed by atoms with Gasteiger partial charge in [0.05, 0.1) is 22.3 Å². The molecule has 0 saturated heterocycles. The van der Waals surface area contributed by atoms with Crippen molar-refractivity contribution >= 4 is 30.6 Å². The van der Waals surface area contributed by atoms with Gasteiger partial charge in [-0.3, -0.25) is 4.57 Å². The molecule has 0 radical (unpaired) electrons. The predicted octanol–water partition coefficient (Wildman–Crippen LogP) is 3.63. The standard InChI is InChI=1S/C16H26Cl2NO5P/c1-4-23-16(24-5-2)25(21,22)10-13(20)9-19-11(3)12-6-7-14(17)15(18)8-12/h6-8,11,13,16,19-20H,4-5,9-10H2,1-3H3,(H,21,22)/t11-,13-/m1/s1. The fourth-order valence-corrected chi connectivity index (χ4v) is 4.21. The van der Waals surface area contributed by atoms with Gasteiger partial charge in [-0.15, -0.1) is 0 Å². The molecule has 1 rings (SSSR count). The van der Waals surface area contributed by atoms with Gasteiger partial charge >= 0.3 is 0 Å². The highest BCUT2D eigenvalue weighted by Crippen LogP contribution is 2.47. The van der Waals surface area contributed by atoms with Crippen molar-refractivity contribution in [2.75, 3.05) is 25.9 Å². The SMILES string of the molecule is CCOC(OCC)P(=O)(O)C[C@H](O)CN[C@H](C)c1ccc(Cl)c(Cl)c1. The fourth-order valence-electron chi connectivity index (χ4n) is 2.23. The van der Waals surface area contributed by atoms with E-state index in [0.717, 1.165) is 5.56 Å². The Morgan fingerprint density at radius 1 is 1.20 bits per heavy atom. The first kappa shape index (κ1) is 22.9. The van der Waals surface area contributed by atoms with Crippen molar-refractivity contribution in [3.05, 3.63) is 33.8 Å². The van der Waals surface area contributed by atoms with Gasteiger partial charge in [0.15, 0.2) is 0 Å². The molecule has 1 unspecified atom stereocenters. The van der Waals surface area contributed by atoms with Crippen LogP contribution in [0.3, 0.4) is 0 Å². The summed E-state index contributed by atoms with van der Waals surface area (Å²) in [5.41, 5.74) is 0.898. The Labute approximate surface area is 158 Å². The second-order valence-corrected chi connectivity index (χ2v) is 8.73. The van der Waals surface area contributed by atoms with Crippen molar-refractivity contribution in [3.8, 4) is 0 Å². The van der Waals surface area contributed by atoms with Crippen LogP contribution >= 0.6 is 30.6 Å². The number of aliphatic hydroxyl groups is 1. The highest BCUT2D eigenvalue weighted by atomic mass is 35.5. The molecule has 0 fully saturated rings. The van der Waals surface area contributed by atoms with Crippen molar-refractivity contribution in [2.45, 2.75) is 38.9 Å². The van der Waals surface area contributed by atoms with E-state index in [1.807, 2.05) is 13.0 Å². The Morgan fingerprint density at radius 3 is 2.32 bits per heavy atom. The van der Waals surface area contributed by atoms with Crippen LogP contribution in [0.2, 0.25) is 10.0 Å². The van der Waals surface area contributed by atoms with Gasteiger partial charge in [0, 0.05) is 25.8 Å². The average Bonchev–Trinajstić information content (AvgIpc) is 2.54. The summed E-state index contributed by atoms with van der Waals surface area (Å²) in [7, 11) is -3.81. The summed E-state index contributed by atoms with van der Waals surface area (Å²) in [5.74, 6) is 0. The number of hydrogen-bond acceptors (Lipinski definition) is 5. The van der Waals surface area contributed by atoms with Crippen molar-refractivity contribution in [1.29, 1.82) is 0 Å². The van der Waals surface area contributed by atoms with Crippen LogP contribution in [-0.2, 0) is 14.0 Å². The fraction of sp³-hybridized carbons (Fsp3) is 0.625. The molecule has 3 N–H and O–H groups in total. The Balaban J connectivity index is 2.58. The second kappa shape index (κ2) is 10.9. The first-order valence-corrected chi connectivity index (χ1v) is 10.8. The minimum Gasteiger partial charge on any atom is -0.391 e. The number of ether oxygens (including phenoxy) is 2. The van der Waals surface area contributed by atoms with Crippen LogP contribution in [0.5, 0.6) is 0 Å². The lowest BCUT2D eigenvalue weighted by Gasteiger charge is -2.25. The molecule has 0 heterocycles. The number of halogens is 2. The van der Waals surface area contributed by atoms with Gasteiger partial charge in [-0.1, -0.05) is 29.3 Å². The smallest absolute Gasteiger partial charge is 0.257 e. The maximum absolute atomic E-state index is 12.4. The molecule has 1 aromatic carbocycles. The lowest BCUT2D eigenvalue weighted by Crippen LogP contribution is -2.33. The summed E-state index contributed by atoms with van der Waals surface area (Å²) >= 11 is 11.9. The van der Waals surface area contributed by atoms with Crippen LogP contribution in [0.25, 0.3) is 0 Å². The molecular weight excluding hydrogens is 388 g/mol. The Morgan fingerprint density at radius 2 is 1.80 bits per heavy atom. The van der Waals surface area contributed by atoms with Crippen molar-refractivity contribution in [1.82, 2.24) is 5.32 Å². The average molecular weight is 414 g/mol. The van der Waals surface area contributed by atoms with E-state index < -0.39 is 19.5 Å². The Hall–Kier alpha value is -0.170. The quantitative estimate of drug-likeness (QED) is 0.379. The number of aliphatic hydroxyl groups excluding tert-OH is 1. The molecular formula is C16H26Cl2NO5P. The van der Waals surface area contributed by atoms with E-state index in [1.165, 1.54) is 0 Å². The van der Waals surface area contributed by atoms with E-state index in [4.69, 9.17) is 32.7 Å². The minimum absolute atomic E-state index is 0.114. The lowest BCUT2D eigenvalue weighted by atomic mass is 10.1.